The van der Waals surface area contributed by atoms with Gasteiger partial charge in [-0.25, -0.2) is 4.79 Å². The van der Waals surface area contributed by atoms with Crippen LogP contribution in [0.25, 0.3) is 0 Å². The number of carbonyl (C=O) groups excluding carboxylic acids is 2. The van der Waals surface area contributed by atoms with Crippen molar-refractivity contribution < 1.29 is 14.3 Å². The first-order chi connectivity index (χ1) is 11.8. The summed E-state index contributed by atoms with van der Waals surface area (Å²) in [5.41, 5.74) is 2.48. The zero-order valence-electron chi connectivity index (χ0n) is 14.4. The number of fused-ring (bicyclic) bond motifs is 1. The maximum atomic E-state index is 12.8. The van der Waals surface area contributed by atoms with Gasteiger partial charge in [0.2, 0.25) is 0 Å². The Morgan fingerprint density at radius 2 is 2.12 bits per heavy atom. The molecule has 25 heavy (non-hydrogen) atoms. The van der Waals surface area contributed by atoms with Gasteiger partial charge in [-0.3, -0.25) is 9.69 Å². The van der Waals surface area contributed by atoms with E-state index in [2.05, 4.69) is 0 Å². The summed E-state index contributed by atoms with van der Waals surface area (Å²) in [5.74, 6) is 0. The van der Waals surface area contributed by atoms with Crippen molar-refractivity contribution in [2.24, 2.45) is 0 Å². The maximum absolute atomic E-state index is 12.8. The normalized spacial score (nSPS) is 17.1. The molecule has 0 bridgehead atoms. The molecule has 2 heterocycles. The number of hydrogen-bond donors (Lipinski definition) is 0. The highest BCUT2D eigenvalue weighted by molar-refractivity contribution is 7.11. The van der Waals surface area contributed by atoms with Crippen molar-refractivity contribution in [1.29, 1.82) is 0 Å². The van der Waals surface area contributed by atoms with Crippen LogP contribution in [0.3, 0.4) is 0 Å². The first-order valence-corrected chi connectivity index (χ1v) is 9.36. The third kappa shape index (κ3) is 3.88. The molecule has 0 aliphatic carbocycles. The molecule has 0 N–H and O–H groups in total. The summed E-state index contributed by atoms with van der Waals surface area (Å²) in [4.78, 5) is 26.2. The number of thiophene rings is 1. The minimum atomic E-state index is -0.571. The summed E-state index contributed by atoms with van der Waals surface area (Å²) in [7, 11) is 0. The highest BCUT2D eigenvalue weighted by atomic mass is 35.5. The molecule has 2 aromatic rings. The summed E-state index contributed by atoms with van der Waals surface area (Å²) in [6.07, 6.45) is 1.21. The quantitative estimate of drug-likeness (QED) is 0.684. The van der Waals surface area contributed by atoms with E-state index in [-0.39, 0.29) is 12.1 Å². The first kappa shape index (κ1) is 18.0. The summed E-state index contributed by atoms with van der Waals surface area (Å²) in [6, 6.07) is 7.29. The van der Waals surface area contributed by atoms with Gasteiger partial charge in [0.25, 0.3) is 0 Å². The molecule has 0 spiro atoms. The fourth-order valence-electron chi connectivity index (χ4n) is 3.04. The molecule has 6 heteroatoms. The van der Waals surface area contributed by atoms with E-state index >= 15 is 0 Å². The second-order valence-corrected chi connectivity index (χ2v) is 8.45. The number of ether oxygens (including phenoxy) is 1. The molecular weight excluding hydrogens is 358 g/mol. The van der Waals surface area contributed by atoms with Crippen molar-refractivity contribution in [3.05, 3.63) is 56.2 Å². The van der Waals surface area contributed by atoms with Crippen LogP contribution in [0.4, 0.5) is 4.79 Å². The van der Waals surface area contributed by atoms with E-state index in [9.17, 15) is 9.59 Å². The molecule has 1 atom stereocenters. The molecular formula is C19H20ClNO3S. The van der Waals surface area contributed by atoms with E-state index in [1.54, 1.807) is 4.90 Å². The van der Waals surface area contributed by atoms with E-state index in [4.69, 9.17) is 16.3 Å². The standard InChI is InChI=1S/C19H20ClNO3S/c1-19(2,3)24-18(23)21-7-6-12-4-5-14(20)9-16(12)17(21)13-8-15(10-22)25-11-13/h4-5,8-11,17H,6-7H2,1-3H3. The van der Waals surface area contributed by atoms with Gasteiger partial charge >= 0.3 is 6.09 Å². The molecule has 1 amide bonds. The van der Waals surface area contributed by atoms with Crippen LogP contribution < -0.4 is 0 Å². The minimum absolute atomic E-state index is 0.303. The summed E-state index contributed by atoms with van der Waals surface area (Å²) in [5, 5.41) is 2.54. The second-order valence-electron chi connectivity index (χ2n) is 7.07. The predicted octanol–water partition coefficient (Wildman–Crippen LogP) is 5.10. The van der Waals surface area contributed by atoms with Gasteiger partial charge in [-0.05, 0) is 67.5 Å². The highest BCUT2D eigenvalue weighted by Crippen LogP contribution is 2.38. The van der Waals surface area contributed by atoms with Gasteiger partial charge in [0.05, 0.1) is 10.9 Å². The van der Waals surface area contributed by atoms with Crippen LogP contribution in [0.15, 0.2) is 29.6 Å². The molecule has 0 saturated heterocycles. The number of rotatable bonds is 2. The number of nitrogens with zero attached hydrogens (tertiary/aromatic N) is 1. The first-order valence-electron chi connectivity index (χ1n) is 8.10. The van der Waals surface area contributed by atoms with Crippen molar-refractivity contribution in [2.45, 2.75) is 38.8 Å². The van der Waals surface area contributed by atoms with E-state index < -0.39 is 5.60 Å². The van der Waals surface area contributed by atoms with Crippen molar-refractivity contribution in [3.63, 3.8) is 0 Å². The van der Waals surface area contributed by atoms with E-state index in [1.807, 2.05) is 50.4 Å². The number of carbonyl (C=O) groups is 2. The Morgan fingerprint density at radius 3 is 2.76 bits per heavy atom. The fraction of sp³-hybridized carbons (Fsp3) is 0.368. The molecule has 1 unspecified atom stereocenters. The van der Waals surface area contributed by atoms with Crippen molar-refractivity contribution in [2.75, 3.05) is 6.54 Å². The summed E-state index contributed by atoms with van der Waals surface area (Å²) in [6.45, 7) is 6.11. The molecule has 0 radical (unpaired) electrons. The summed E-state index contributed by atoms with van der Waals surface area (Å²) >= 11 is 7.58. The Kier molecular flexibility index (Phi) is 4.89. The lowest BCUT2D eigenvalue weighted by Gasteiger charge is -2.38. The largest absolute Gasteiger partial charge is 0.444 e. The van der Waals surface area contributed by atoms with E-state index in [0.717, 1.165) is 29.4 Å². The average Bonchev–Trinajstić information content (AvgIpc) is 3.00. The number of benzene rings is 1. The van der Waals surface area contributed by atoms with Gasteiger partial charge in [-0.15, -0.1) is 11.3 Å². The molecule has 1 aliphatic rings. The minimum Gasteiger partial charge on any atom is -0.444 e. The number of hydrogen-bond acceptors (Lipinski definition) is 4. The Morgan fingerprint density at radius 1 is 1.36 bits per heavy atom. The van der Waals surface area contributed by atoms with Gasteiger partial charge in [0.1, 0.15) is 5.60 Å². The topological polar surface area (TPSA) is 46.6 Å². The third-order valence-electron chi connectivity index (χ3n) is 4.04. The van der Waals surface area contributed by atoms with Gasteiger partial charge in [-0.2, -0.15) is 0 Å². The van der Waals surface area contributed by atoms with Crippen molar-refractivity contribution in [1.82, 2.24) is 4.90 Å². The van der Waals surface area contributed by atoms with Crippen LogP contribution in [-0.4, -0.2) is 29.4 Å². The van der Waals surface area contributed by atoms with Gasteiger partial charge in [0.15, 0.2) is 6.29 Å². The van der Waals surface area contributed by atoms with E-state index in [0.29, 0.717) is 16.4 Å². The lowest BCUT2D eigenvalue weighted by Crippen LogP contribution is -2.43. The Bertz CT molecular complexity index is 809. The zero-order chi connectivity index (χ0) is 18.2. The molecule has 0 saturated carbocycles. The average molecular weight is 378 g/mol. The lowest BCUT2D eigenvalue weighted by atomic mass is 9.89. The van der Waals surface area contributed by atoms with Gasteiger partial charge in [-0.1, -0.05) is 17.7 Å². The Labute approximate surface area is 156 Å². The van der Waals surface area contributed by atoms with Crippen LogP contribution in [0, 0.1) is 0 Å². The third-order valence-corrected chi connectivity index (χ3v) is 5.15. The number of halogens is 1. The van der Waals surface area contributed by atoms with Crippen molar-refractivity contribution in [3.8, 4) is 0 Å². The smallest absolute Gasteiger partial charge is 0.411 e. The van der Waals surface area contributed by atoms with Gasteiger partial charge < -0.3 is 4.74 Å². The fourth-order valence-corrected chi connectivity index (χ4v) is 3.95. The predicted molar refractivity (Wildman–Crippen MR) is 99.6 cm³/mol. The van der Waals surface area contributed by atoms with Crippen LogP contribution >= 0.6 is 22.9 Å². The lowest BCUT2D eigenvalue weighted by molar-refractivity contribution is 0.0178. The second kappa shape index (κ2) is 6.81. The molecule has 1 aromatic carbocycles. The Hall–Kier alpha value is -1.85. The Balaban J connectivity index is 2.05. The zero-order valence-corrected chi connectivity index (χ0v) is 16.0. The molecule has 132 valence electrons. The van der Waals surface area contributed by atoms with Gasteiger partial charge in [0, 0.05) is 11.6 Å². The molecule has 0 fully saturated rings. The molecule has 4 nitrogen and oxygen atoms in total. The number of amides is 1. The summed E-state index contributed by atoms with van der Waals surface area (Å²) < 4.78 is 5.60. The maximum Gasteiger partial charge on any atom is 0.411 e. The van der Waals surface area contributed by atoms with Crippen LogP contribution in [0.2, 0.25) is 5.02 Å². The SMILES string of the molecule is CC(C)(C)OC(=O)N1CCc2ccc(Cl)cc2C1c1csc(C=O)c1. The molecule has 1 aliphatic heterocycles. The van der Waals surface area contributed by atoms with Crippen LogP contribution in [-0.2, 0) is 11.2 Å². The molecule has 1 aromatic heterocycles. The van der Waals surface area contributed by atoms with Crippen LogP contribution in [0.5, 0.6) is 0 Å². The van der Waals surface area contributed by atoms with Crippen LogP contribution in [0.1, 0.15) is 53.2 Å². The highest BCUT2D eigenvalue weighted by Gasteiger charge is 2.35. The van der Waals surface area contributed by atoms with E-state index in [1.165, 1.54) is 11.3 Å². The number of aldehydes is 1. The monoisotopic (exact) mass is 377 g/mol. The molecule has 3 rings (SSSR count). The van der Waals surface area contributed by atoms with Crippen molar-refractivity contribution >= 4 is 35.3 Å².